The molecular weight excluding hydrogens is 566 g/mol. The zero-order valence-electron chi connectivity index (χ0n) is 23.9. The standard InChI is InChI=1S/C33H33N3O6S/c1-22(28-14-8-12-23-11-6-7-13-29(23)28)36(33(39)40)20-27-19-35(21-30(27)24-9-4-3-5-10-24)32(38)26-17-15-25(16-18-26)31(37)34-43(2,41)42/h3-18,22,27,30H,19-21H2,1-2H3,(H,34,37)(H,39,40)/t22-,27-,30-/m1/s1. The SMILES string of the molecule is C[C@H](c1cccc2ccccc12)N(C[C@H]1CN(C(=O)c2ccc(C(=O)NS(C)(=O)=O)cc2)C[C@@H]1c1ccccc1)C(=O)O. The van der Waals surface area contributed by atoms with E-state index >= 15 is 0 Å². The van der Waals surface area contributed by atoms with E-state index in [9.17, 15) is 27.9 Å². The van der Waals surface area contributed by atoms with Gasteiger partial charge in [-0.05, 0) is 53.1 Å². The number of benzene rings is 4. The Morgan fingerprint density at radius 1 is 0.884 bits per heavy atom. The summed E-state index contributed by atoms with van der Waals surface area (Å²) in [4.78, 5) is 41.6. The van der Waals surface area contributed by atoms with E-state index in [4.69, 9.17) is 0 Å². The molecule has 10 heteroatoms. The molecule has 1 aliphatic rings. The van der Waals surface area contributed by atoms with Crippen LogP contribution in [0.2, 0.25) is 0 Å². The zero-order valence-corrected chi connectivity index (χ0v) is 24.7. The smallest absolute Gasteiger partial charge is 0.407 e. The van der Waals surface area contributed by atoms with Crippen molar-refractivity contribution >= 4 is 38.7 Å². The topological polar surface area (TPSA) is 124 Å². The Bertz CT molecular complexity index is 1750. The van der Waals surface area contributed by atoms with Crippen LogP contribution in [-0.4, -0.2) is 67.1 Å². The number of carboxylic acid groups (broad SMARTS) is 1. The van der Waals surface area contributed by atoms with E-state index in [1.165, 1.54) is 29.2 Å². The molecule has 0 radical (unpaired) electrons. The van der Waals surface area contributed by atoms with E-state index in [2.05, 4.69) is 0 Å². The molecule has 1 heterocycles. The fourth-order valence-corrected chi connectivity index (χ4v) is 6.37. The number of carbonyl (C=O) groups is 3. The third-order valence-corrected chi connectivity index (χ3v) is 8.60. The molecule has 1 saturated heterocycles. The van der Waals surface area contributed by atoms with Gasteiger partial charge in [0.15, 0.2) is 0 Å². The minimum absolute atomic E-state index is 0.0912. The Kier molecular flexibility index (Phi) is 8.50. The summed E-state index contributed by atoms with van der Waals surface area (Å²) in [5.74, 6) is -1.28. The molecule has 9 nitrogen and oxygen atoms in total. The van der Waals surface area contributed by atoms with Gasteiger partial charge < -0.3 is 14.9 Å². The molecule has 4 aromatic rings. The third kappa shape index (κ3) is 6.70. The van der Waals surface area contributed by atoms with E-state index < -0.39 is 28.1 Å². The number of likely N-dealkylation sites (tertiary alicyclic amines) is 1. The quantitative estimate of drug-likeness (QED) is 0.290. The lowest BCUT2D eigenvalue weighted by molar-refractivity contribution is 0.0780. The maximum atomic E-state index is 13.6. The first kappa shape index (κ1) is 29.8. The maximum Gasteiger partial charge on any atom is 0.407 e. The number of hydrogen-bond donors (Lipinski definition) is 2. The monoisotopic (exact) mass is 599 g/mol. The Balaban J connectivity index is 1.40. The number of nitrogens with one attached hydrogen (secondary N) is 1. The van der Waals surface area contributed by atoms with E-state index in [-0.39, 0.29) is 29.9 Å². The molecule has 2 N–H and O–H groups in total. The van der Waals surface area contributed by atoms with Crippen molar-refractivity contribution in [1.82, 2.24) is 14.5 Å². The van der Waals surface area contributed by atoms with Gasteiger partial charge in [0.2, 0.25) is 10.0 Å². The Morgan fingerprint density at radius 3 is 2.19 bits per heavy atom. The minimum Gasteiger partial charge on any atom is -0.465 e. The molecule has 5 rings (SSSR count). The molecule has 0 spiro atoms. The molecule has 43 heavy (non-hydrogen) atoms. The first-order valence-electron chi connectivity index (χ1n) is 14.0. The van der Waals surface area contributed by atoms with E-state index in [0.29, 0.717) is 18.7 Å². The van der Waals surface area contributed by atoms with Crippen LogP contribution in [0.1, 0.15) is 50.7 Å². The Hall–Kier alpha value is -4.70. The van der Waals surface area contributed by atoms with Crippen LogP contribution in [0, 0.1) is 5.92 Å². The Morgan fingerprint density at radius 2 is 1.51 bits per heavy atom. The van der Waals surface area contributed by atoms with Gasteiger partial charge in [-0.15, -0.1) is 0 Å². The van der Waals surface area contributed by atoms with Crippen molar-refractivity contribution in [3.63, 3.8) is 0 Å². The highest BCUT2D eigenvalue weighted by molar-refractivity contribution is 7.89. The van der Waals surface area contributed by atoms with Crippen molar-refractivity contribution in [3.05, 3.63) is 119 Å². The largest absolute Gasteiger partial charge is 0.465 e. The van der Waals surface area contributed by atoms with Crippen molar-refractivity contribution in [1.29, 1.82) is 0 Å². The van der Waals surface area contributed by atoms with Gasteiger partial charge in [0.1, 0.15) is 0 Å². The highest BCUT2D eigenvalue weighted by Gasteiger charge is 2.39. The molecule has 1 aliphatic heterocycles. The van der Waals surface area contributed by atoms with Gasteiger partial charge >= 0.3 is 6.09 Å². The average molecular weight is 600 g/mol. The molecule has 0 bridgehead atoms. The van der Waals surface area contributed by atoms with Crippen LogP contribution in [-0.2, 0) is 10.0 Å². The van der Waals surface area contributed by atoms with Crippen molar-refractivity contribution in [2.45, 2.75) is 18.9 Å². The molecule has 0 saturated carbocycles. The van der Waals surface area contributed by atoms with Gasteiger partial charge in [0.05, 0.1) is 12.3 Å². The molecule has 0 aromatic heterocycles. The number of rotatable bonds is 8. The van der Waals surface area contributed by atoms with Gasteiger partial charge in [-0.25, -0.2) is 17.9 Å². The fraction of sp³-hybridized carbons (Fsp3) is 0.242. The summed E-state index contributed by atoms with van der Waals surface area (Å²) >= 11 is 0. The second-order valence-electron chi connectivity index (χ2n) is 10.9. The van der Waals surface area contributed by atoms with E-state index in [1.54, 1.807) is 4.90 Å². The predicted molar refractivity (Wildman–Crippen MR) is 164 cm³/mol. The van der Waals surface area contributed by atoms with Crippen molar-refractivity contribution in [2.75, 3.05) is 25.9 Å². The van der Waals surface area contributed by atoms with Gasteiger partial charge in [0, 0.05) is 42.6 Å². The fourth-order valence-electron chi connectivity index (χ4n) is 5.91. The first-order valence-corrected chi connectivity index (χ1v) is 15.8. The molecule has 3 amide bonds. The third-order valence-electron chi connectivity index (χ3n) is 8.05. The van der Waals surface area contributed by atoms with Crippen LogP contribution in [0.25, 0.3) is 10.8 Å². The van der Waals surface area contributed by atoms with Crippen LogP contribution < -0.4 is 4.72 Å². The first-order chi connectivity index (χ1) is 20.5. The molecule has 4 aromatic carbocycles. The lowest BCUT2D eigenvalue weighted by atomic mass is 9.88. The predicted octanol–water partition coefficient (Wildman–Crippen LogP) is 5.13. The highest BCUT2D eigenvalue weighted by Crippen LogP contribution is 2.36. The lowest BCUT2D eigenvalue weighted by Gasteiger charge is -2.31. The minimum atomic E-state index is -3.72. The number of carbonyl (C=O) groups excluding carboxylic acids is 2. The lowest BCUT2D eigenvalue weighted by Crippen LogP contribution is -2.38. The summed E-state index contributed by atoms with van der Waals surface area (Å²) in [5.41, 5.74) is 2.41. The summed E-state index contributed by atoms with van der Waals surface area (Å²) in [7, 11) is -3.72. The van der Waals surface area contributed by atoms with Crippen molar-refractivity contribution < 1.29 is 27.9 Å². The van der Waals surface area contributed by atoms with Crippen molar-refractivity contribution in [3.8, 4) is 0 Å². The number of fused-ring (bicyclic) bond motifs is 1. The average Bonchev–Trinajstić information content (AvgIpc) is 3.42. The molecular formula is C33H33N3O6S. The molecule has 0 unspecified atom stereocenters. The summed E-state index contributed by atoms with van der Waals surface area (Å²) < 4.78 is 24.7. The van der Waals surface area contributed by atoms with Crippen LogP contribution >= 0.6 is 0 Å². The number of hydrogen-bond acceptors (Lipinski definition) is 5. The Labute approximate surface area is 250 Å². The summed E-state index contributed by atoms with van der Waals surface area (Å²) in [6.45, 7) is 2.88. The maximum absolute atomic E-state index is 13.6. The van der Waals surface area contributed by atoms with Gasteiger partial charge in [-0.2, -0.15) is 0 Å². The normalized spacial score (nSPS) is 17.4. The molecule has 3 atom stereocenters. The number of amides is 3. The van der Waals surface area contributed by atoms with Crippen LogP contribution in [0.5, 0.6) is 0 Å². The highest BCUT2D eigenvalue weighted by atomic mass is 32.2. The van der Waals surface area contributed by atoms with Gasteiger partial charge in [0.25, 0.3) is 11.8 Å². The molecule has 0 aliphatic carbocycles. The van der Waals surface area contributed by atoms with Gasteiger partial charge in [-0.3, -0.25) is 9.59 Å². The second kappa shape index (κ2) is 12.3. The summed E-state index contributed by atoms with van der Waals surface area (Å²) in [6.07, 6.45) is -0.135. The zero-order chi connectivity index (χ0) is 30.7. The summed E-state index contributed by atoms with van der Waals surface area (Å²) in [5, 5.41) is 12.4. The summed E-state index contributed by atoms with van der Waals surface area (Å²) in [6, 6.07) is 29.0. The molecule has 1 fully saturated rings. The van der Waals surface area contributed by atoms with E-state index in [1.807, 2.05) is 84.4 Å². The van der Waals surface area contributed by atoms with Gasteiger partial charge in [-0.1, -0.05) is 72.8 Å². The van der Waals surface area contributed by atoms with Crippen molar-refractivity contribution in [2.24, 2.45) is 5.92 Å². The van der Waals surface area contributed by atoms with Crippen LogP contribution in [0.15, 0.2) is 97.1 Å². The number of sulfonamides is 1. The van der Waals surface area contributed by atoms with Crippen LogP contribution in [0.4, 0.5) is 4.79 Å². The molecule has 222 valence electrons. The van der Waals surface area contributed by atoms with Crippen LogP contribution in [0.3, 0.4) is 0 Å². The second-order valence-corrected chi connectivity index (χ2v) is 12.7. The number of nitrogens with zero attached hydrogens (tertiary/aromatic N) is 2. The van der Waals surface area contributed by atoms with E-state index in [0.717, 1.165) is 28.2 Å².